The summed E-state index contributed by atoms with van der Waals surface area (Å²) >= 11 is 4.85. The highest BCUT2D eigenvalue weighted by molar-refractivity contribution is 8.00. The van der Waals surface area contributed by atoms with Crippen LogP contribution in [0.15, 0.2) is 38.3 Å². The van der Waals surface area contributed by atoms with Crippen LogP contribution in [-0.2, 0) is 5.75 Å². The Morgan fingerprint density at radius 1 is 1.41 bits per heavy atom. The molecular weight excluding hydrogens is 274 g/mol. The van der Waals surface area contributed by atoms with Crippen molar-refractivity contribution in [3.05, 3.63) is 49.8 Å². The molecule has 0 aromatic carbocycles. The van der Waals surface area contributed by atoms with Crippen LogP contribution >= 0.6 is 34.4 Å². The summed E-state index contributed by atoms with van der Waals surface area (Å²) in [7, 11) is 0. The molecule has 2 aromatic rings. The van der Waals surface area contributed by atoms with Crippen molar-refractivity contribution < 1.29 is 4.79 Å². The SMILES string of the molecule is [N-]=[N+]=NC(=O)c1ccsc1CSc1cccs1. The summed E-state index contributed by atoms with van der Waals surface area (Å²) in [4.78, 5) is 14.9. The average Bonchev–Trinajstić information content (AvgIpc) is 2.98. The van der Waals surface area contributed by atoms with Gasteiger partial charge in [-0.05, 0) is 33.5 Å². The minimum atomic E-state index is -0.504. The largest absolute Gasteiger partial charge is 0.287 e. The van der Waals surface area contributed by atoms with Gasteiger partial charge < -0.3 is 0 Å². The molecule has 2 aromatic heterocycles. The molecule has 1 amide bonds. The van der Waals surface area contributed by atoms with Crippen molar-refractivity contribution in [2.45, 2.75) is 9.96 Å². The van der Waals surface area contributed by atoms with Crippen molar-refractivity contribution >= 4 is 40.3 Å². The molecular formula is C10H7N3OS3. The fraction of sp³-hybridized carbons (Fsp3) is 0.100. The van der Waals surface area contributed by atoms with Gasteiger partial charge in [0.25, 0.3) is 0 Å². The molecule has 0 unspecified atom stereocenters. The van der Waals surface area contributed by atoms with Crippen molar-refractivity contribution in [3.8, 4) is 0 Å². The molecule has 0 fully saturated rings. The van der Waals surface area contributed by atoms with Crippen LogP contribution in [-0.4, -0.2) is 5.91 Å². The number of hydrogen-bond acceptors (Lipinski definition) is 4. The molecule has 0 atom stereocenters. The van der Waals surface area contributed by atoms with E-state index in [2.05, 4.69) is 10.0 Å². The van der Waals surface area contributed by atoms with Gasteiger partial charge in [0.2, 0.25) is 5.91 Å². The van der Waals surface area contributed by atoms with Gasteiger partial charge >= 0.3 is 0 Å². The van der Waals surface area contributed by atoms with Crippen molar-refractivity contribution in [1.82, 2.24) is 0 Å². The molecule has 0 bridgehead atoms. The zero-order valence-electron chi connectivity index (χ0n) is 8.57. The van der Waals surface area contributed by atoms with E-state index < -0.39 is 5.91 Å². The number of thioether (sulfide) groups is 1. The molecule has 0 saturated heterocycles. The predicted molar refractivity (Wildman–Crippen MR) is 71.7 cm³/mol. The lowest BCUT2D eigenvalue weighted by Gasteiger charge is -1.98. The summed E-state index contributed by atoms with van der Waals surface area (Å²) in [5.74, 6) is 0.218. The van der Waals surface area contributed by atoms with Gasteiger partial charge in [0, 0.05) is 21.1 Å². The maximum atomic E-state index is 11.5. The van der Waals surface area contributed by atoms with E-state index in [1.807, 2.05) is 22.9 Å². The first-order valence-corrected chi connectivity index (χ1v) is 7.38. The third kappa shape index (κ3) is 3.10. The second-order valence-corrected chi connectivity index (χ2v) is 6.20. The Labute approximate surface area is 110 Å². The van der Waals surface area contributed by atoms with Gasteiger partial charge in [-0.25, -0.2) is 0 Å². The number of nitrogens with zero attached hydrogens (tertiary/aromatic N) is 3. The Morgan fingerprint density at radius 3 is 3.00 bits per heavy atom. The summed E-state index contributed by atoms with van der Waals surface area (Å²) in [5, 5.41) is 6.97. The zero-order chi connectivity index (χ0) is 12.1. The topological polar surface area (TPSA) is 65.8 Å². The lowest BCUT2D eigenvalue weighted by molar-refractivity contribution is 0.100. The Kier molecular flexibility index (Phi) is 4.22. The molecule has 2 rings (SSSR count). The number of carbonyl (C=O) groups excluding carboxylic acids is 1. The number of amides is 1. The minimum absolute atomic E-state index is 0.504. The number of thiophene rings is 2. The molecule has 17 heavy (non-hydrogen) atoms. The lowest BCUT2D eigenvalue weighted by Crippen LogP contribution is -1.94. The van der Waals surface area contributed by atoms with Gasteiger partial charge in [-0.3, -0.25) is 4.79 Å². The first kappa shape index (κ1) is 12.2. The molecule has 0 N–H and O–H groups in total. The highest BCUT2D eigenvalue weighted by atomic mass is 32.2. The fourth-order valence-corrected chi connectivity index (χ4v) is 3.99. The van der Waals surface area contributed by atoms with E-state index in [4.69, 9.17) is 5.53 Å². The molecule has 2 heterocycles. The third-order valence-electron chi connectivity index (χ3n) is 1.95. The molecule has 7 heteroatoms. The van der Waals surface area contributed by atoms with Crippen LogP contribution < -0.4 is 0 Å². The Hall–Kier alpha value is -1.27. The van der Waals surface area contributed by atoms with Gasteiger partial charge in [-0.2, -0.15) is 0 Å². The maximum Gasteiger partial charge on any atom is 0.250 e. The Balaban J connectivity index is 2.09. The van der Waals surface area contributed by atoms with E-state index in [-0.39, 0.29) is 0 Å². The lowest BCUT2D eigenvalue weighted by atomic mass is 10.2. The van der Waals surface area contributed by atoms with Crippen molar-refractivity contribution in [2.75, 3.05) is 0 Å². The van der Waals surface area contributed by atoms with Crippen LogP contribution in [0.25, 0.3) is 10.4 Å². The molecule has 86 valence electrons. The van der Waals surface area contributed by atoms with Gasteiger partial charge in [-0.1, -0.05) is 6.07 Å². The van der Waals surface area contributed by atoms with Gasteiger partial charge in [0.05, 0.1) is 4.21 Å². The molecule has 0 saturated carbocycles. The molecule has 0 aliphatic carbocycles. The predicted octanol–water partition coefficient (Wildman–Crippen LogP) is 4.55. The van der Waals surface area contributed by atoms with Crippen LogP contribution in [0, 0.1) is 0 Å². The highest BCUT2D eigenvalue weighted by Gasteiger charge is 2.11. The van der Waals surface area contributed by atoms with E-state index in [0.29, 0.717) is 5.56 Å². The van der Waals surface area contributed by atoms with Crippen LogP contribution in [0.5, 0.6) is 0 Å². The first-order chi connectivity index (χ1) is 8.31. The van der Waals surface area contributed by atoms with Crippen molar-refractivity contribution in [1.29, 1.82) is 0 Å². The zero-order valence-corrected chi connectivity index (χ0v) is 11.0. The molecule has 0 radical (unpaired) electrons. The summed E-state index contributed by atoms with van der Waals surface area (Å²) in [6.07, 6.45) is 0. The van der Waals surface area contributed by atoms with Gasteiger partial charge in [0.15, 0.2) is 0 Å². The number of hydrogen-bond donors (Lipinski definition) is 0. The van der Waals surface area contributed by atoms with E-state index >= 15 is 0 Å². The second kappa shape index (κ2) is 5.88. The number of carbonyl (C=O) groups is 1. The first-order valence-electron chi connectivity index (χ1n) is 4.63. The van der Waals surface area contributed by atoms with Crippen LogP contribution in [0.3, 0.4) is 0 Å². The van der Waals surface area contributed by atoms with Gasteiger partial charge in [0.1, 0.15) is 0 Å². The number of rotatable bonds is 4. The van der Waals surface area contributed by atoms with E-state index in [1.54, 1.807) is 29.2 Å². The minimum Gasteiger partial charge on any atom is -0.287 e. The summed E-state index contributed by atoms with van der Waals surface area (Å²) in [6, 6.07) is 5.73. The van der Waals surface area contributed by atoms with Crippen molar-refractivity contribution in [3.63, 3.8) is 0 Å². The van der Waals surface area contributed by atoms with E-state index in [1.165, 1.54) is 15.5 Å². The maximum absolute atomic E-state index is 11.5. The van der Waals surface area contributed by atoms with Crippen LogP contribution in [0.4, 0.5) is 0 Å². The smallest absolute Gasteiger partial charge is 0.250 e. The highest BCUT2D eigenvalue weighted by Crippen LogP contribution is 2.30. The summed E-state index contributed by atoms with van der Waals surface area (Å²) < 4.78 is 1.21. The molecule has 0 aliphatic rings. The standard InChI is InChI=1S/C10H7N3OS3/c11-13-12-10(14)7-3-5-15-8(7)6-17-9-2-1-4-16-9/h1-5H,6H2. The molecule has 4 nitrogen and oxygen atoms in total. The number of azide groups is 1. The van der Waals surface area contributed by atoms with Crippen LogP contribution in [0.1, 0.15) is 15.2 Å². The molecule has 0 spiro atoms. The summed E-state index contributed by atoms with van der Waals surface area (Å²) in [5.41, 5.74) is 8.75. The second-order valence-electron chi connectivity index (χ2n) is 2.97. The van der Waals surface area contributed by atoms with Crippen molar-refractivity contribution in [2.24, 2.45) is 5.11 Å². The average molecular weight is 281 g/mol. The fourth-order valence-electron chi connectivity index (χ4n) is 1.22. The van der Waals surface area contributed by atoms with E-state index in [9.17, 15) is 4.79 Å². The normalized spacial score (nSPS) is 9.88. The summed E-state index contributed by atoms with van der Waals surface area (Å²) in [6.45, 7) is 0. The van der Waals surface area contributed by atoms with E-state index in [0.717, 1.165) is 10.6 Å². The quantitative estimate of drug-likeness (QED) is 0.357. The third-order valence-corrected chi connectivity index (χ3v) is 5.21. The van der Waals surface area contributed by atoms with Crippen LogP contribution in [0.2, 0.25) is 0 Å². The Morgan fingerprint density at radius 2 is 2.29 bits per heavy atom. The Bertz CT molecular complexity index is 555. The molecule has 0 aliphatic heterocycles. The van der Waals surface area contributed by atoms with Gasteiger partial charge in [-0.15, -0.1) is 34.4 Å². The monoisotopic (exact) mass is 281 g/mol.